The van der Waals surface area contributed by atoms with Crippen LogP contribution in [0.25, 0.3) is 22.2 Å². The van der Waals surface area contributed by atoms with Crippen LogP contribution in [-0.2, 0) is 9.84 Å². The third-order valence-corrected chi connectivity index (χ3v) is 7.78. The largest absolute Gasteiger partial charge is 0.323 e. The number of hydrogen-bond donors (Lipinski definition) is 1. The van der Waals surface area contributed by atoms with E-state index < -0.39 is 9.84 Å². The van der Waals surface area contributed by atoms with Crippen LogP contribution in [0.3, 0.4) is 0 Å². The average Bonchev–Trinajstić information content (AvgIpc) is 2.81. The second-order valence-corrected chi connectivity index (χ2v) is 11.4. The van der Waals surface area contributed by atoms with Gasteiger partial charge >= 0.3 is 0 Å². The van der Waals surface area contributed by atoms with Crippen LogP contribution in [0.1, 0.15) is 17.5 Å². The van der Waals surface area contributed by atoms with Gasteiger partial charge in [0.15, 0.2) is 9.84 Å². The van der Waals surface area contributed by atoms with Gasteiger partial charge in [0.2, 0.25) is 5.95 Å². The van der Waals surface area contributed by atoms with Crippen LogP contribution in [0.5, 0.6) is 0 Å². The number of sulfone groups is 1. The van der Waals surface area contributed by atoms with Crippen molar-refractivity contribution in [3.63, 3.8) is 0 Å². The van der Waals surface area contributed by atoms with Gasteiger partial charge in [-0.05, 0) is 94.5 Å². The number of nitrogens with zero attached hydrogens (tertiary/aromatic N) is 4. The van der Waals surface area contributed by atoms with Crippen LogP contribution in [0.15, 0.2) is 59.5 Å². The minimum Gasteiger partial charge on any atom is -0.323 e. The van der Waals surface area contributed by atoms with Crippen LogP contribution in [-0.4, -0.2) is 54.9 Å². The lowest BCUT2D eigenvalue weighted by Crippen LogP contribution is -2.17. The summed E-state index contributed by atoms with van der Waals surface area (Å²) in [6, 6.07) is 16.6. The zero-order chi connectivity index (χ0) is 25.2. The van der Waals surface area contributed by atoms with Crippen LogP contribution < -0.4 is 5.32 Å². The van der Waals surface area contributed by atoms with Crippen molar-refractivity contribution in [1.29, 1.82) is 0 Å². The van der Waals surface area contributed by atoms with E-state index in [0.717, 1.165) is 22.3 Å². The molecular formula is C26H28ClN5O2S. The molecule has 7 nitrogen and oxygen atoms in total. The molecule has 0 spiro atoms. The molecule has 1 N–H and O–H groups in total. The molecule has 9 heteroatoms. The normalized spacial score (nSPS) is 11.8. The Kier molecular flexibility index (Phi) is 7.35. The second kappa shape index (κ2) is 10.3. The van der Waals surface area contributed by atoms with Crippen molar-refractivity contribution in [1.82, 2.24) is 20.1 Å². The second-order valence-electron chi connectivity index (χ2n) is 8.91. The number of anilines is 2. The van der Waals surface area contributed by atoms with Crippen molar-refractivity contribution < 1.29 is 8.42 Å². The number of nitrogens with one attached hydrogen (secondary N) is 1. The predicted molar refractivity (Wildman–Crippen MR) is 142 cm³/mol. The van der Waals surface area contributed by atoms with E-state index >= 15 is 0 Å². The summed E-state index contributed by atoms with van der Waals surface area (Å²) in [5, 5.41) is 12.3. The van der Waals surface area contributed by atoms with Gasteiger partial charge in [0.1, 0.15) is 5.52 Å². The molecule has 0 aliphatic carbocycles. The van der Waals surface area contributed by atoms with Gasteiger partial charge in [-0.15, -0.1) is 10.2 Å². The van der Waals surface area contributed by atoms with Crippen molar-refractivity contribution in [3.05, 3.63) is 70.7 Å². The van der Waals surface area contributed by atoms with Crippen molar-refractivity contribution in [2.24, 2.45) is 0 Å². The van der Waals surface area contributed by atoms with Gasteiger partial charge < -0.3 is 10.2 Å². The lowest BCUT2D eigenvalue weighted by Gasteiger charge is -2.11. The third kappa shape index (κ3) is 5.96. The maximum absolute atomic E-state index is 12.7. The number of hydrogen-bond acceptors (Lipinski definition) is 7. The van der Waals surface area contributed by atoms with Crippen molar-refractivity contribution >= 4 is 44.1 Å². The van der Waals surface area contributed by atoms with E-state index in [1.54, 1.807) is 24.3 Å². The van der Waals surface area contributed by atoms with E-state index in [0.29, 0.717) is 40.7 Å². The first-order valence-electron chi connectivity index (χ1n) is 11.3. The summed E-state index contributed by atoms with van der Waals surface area (Å²) in [5.74, 6) is 0.388. The maximum Gasteiger partial charge on any atom is 0.247 e. The van der Waals surface area contributed by atoms with E-state index in [4.69, 9.17) is 11.6 Å². The highest BCUT2D eigenvalue weighted by Crippen LogP contribution is 2.32. The summed E-state index contributed by atoms with van der Waals surface area (Å²) in [6.45, 7) is 4.71. The van der Waals surface area contributed by atoms with Crippen LogP contribution in [0.4, 0.5) is 11.6 Å². The summed E-state index contributed by atoms with van der Waals surface area (Å²) in [5.41, 5.74) is 5.89. The number of aryl methyl sites for hydroxylation is 2. The fourth-order valence-corrected chi connectivity index (χ4v) is 5.43. The van der Waals surface area contributed by atoms with Gasteiger partial charge in [-0.1, -0.05) is 29.3 Å². The fourth-order valence-electron chi connectivity index (χ4n) is 3.87. The first-order chi connectivity index (χ1) is 16.6. The average molecular weight is 510 g/mol. The SMILES string of the molecule is Cc1ccc(Cl)c(-c2cc(C)c3nc(Nc4cccc(S(=O)(=O)CCCN(C)C)c4)nnc3c2)c1. The molecule has 0 radical (unpaired) electrons. The molecule has 35 heavy (non-hydrogen) atoms. The molecule has 0 aliphatic heterocycles. The Hall–Kier alpha value is -3.07. The monoisotopic (exact) mass is 509 g/mol. The minimum atomic E-state index is -3.38. The molecule has 4 aromatic rings. The Morgan fingerprint density at radius 1 is 1.00 bits per heavy atom. The van der Waals surface area contributed by atoms with Crippen molar-refractivity contribution in [2.75, 3.05) is 31.7 Å². The van der Waals surface area contributed by atoms with Crippen LogP contribution in [0.2, 0.25) is 5.02 Å². The fraction of sp³-hybridized carbons (Fsp3) is 0.269. The molecular weight excluding hydrogens is 482 g/mol. The molecule has 1 heterocycles. The third-order valence-electron chi connectivity index (χ3n) is 5.65. The molecule has 0 atom stereocenters. The summed E-state index contributed by atoms with van der Waals surface area (Å²) in [7, 11) is 0.467. The molecule has 0 amide bonds. The van der Waals surface area contributed by atoms with E-state index in [-0.39, 0.29) is 10.6 Å². The van der Waals surface area contributed by atoms with Gasteiger partial charge in [0, 0.05) is 16.3 Å². The van der Waals surface area contributed by atoms with E-state index in [1.807, 2.05) is 63.2 Å². The molecule has 0 fully saturated rings. The highest BCUT2D eigenvalue weighted by atomic mass is 35.5. The zero-order valence-electron chi connectivity index (χ0n) is 20.2. The molecule has 0 saturated carbocycles. The van der Waals surface area contributed by atoms with Gasteiger partial charge in [-0.25, -0.2) is 13.4 Å². The molecule has 0 aliphatic rings. The van der Waals surface area contributed by atoms with Gasteiger partial charge in [0.25, 0.3) is 0 Å². The molecule has 0 bridgehead atoms. The van der Waals surface area contributed by atoms with E-state index in [9.17, 15) is 8.42 Å². The Balaban J connectivity index is 1.59. The first-order valence-corrected chi connectivity index (χ1v) is 13.3. The van der Waals surface area contributed by atoms with E-state index in [2.05, 4.69) is 20.5 Å². The predicted octanol–water partition coefficient (Wildman–Crippen LogP) is 5.43. The van der Waals surface area contributed by atoms with E-state index in [1.165, 1.54) is 0 Å². The number of halogens is 1. The lowest BCUT2D eigenvalue weighted by atomic mass is 10.0. The first kappa shape index (κ1) is 25.0. The number of aromatic nitrogens is 3. The highest BCUT2D eigenvalue weighted by Gasteiger charge is 2.16. The molecule has 4 rings (SSSR count). The topological polar surface area (TPSA) is 88.1 Å². The Morgan fingerprint density at radius 3 is 2.57 bits per heavy atom. The zero-order valence-corrected chi connectivity index (χ0v) is 21.8. The minimum absolute atomic E-state index is 0.0924. The molecule has 0 unspecified atom stereocenters. The summed E-state index contributed by atoms with van der Waals surface area (Å²) in [4.78, 5) is 6.87. The number of rotatable bonds is 8. The van der Waals surface area contributed by atoms with Gasteiger partial charge in [0.05, 0.1) is 16.2 Å². The highest BCUT2D eigenvalue weighted by molar-refractivity contribution is 7.91. The van der Waals surface area contributed by atoms with Crippen molar-refractivity contribution in [3.8, 4) is 11.1 Å². The standard InChI is InChI=1S/C26H28ClN5O2S/c1-17-9-10-23(27)22(13-17)19-14-18(2)25-24(15-19)30-31-26(29-25)28-20-7-5-8-21(16-20)35(33,34)12-6-11-32(3)4/h5,7-10,13-16H,6,11-12H2,1-4H3,(H,28,29,31). The Morgan fingerprint density at radius 2 is 1.80 bits per heavy atom. The lowest BCUT2D eigenvalue weighted by molar-refractivity contribution is 0.408. The van der Waals surface area contributed by atoms with Gasteiger partial charge in [-0.2, -0.15) is 0 Å². The molecule has 0 saturated heterocycles. The quantitative estimate of drug-likeness (QED) is 0.338. The molecule has 1 aromatic heterocycles. The van der Waals surface area contributed by atoms with Gasteiger partial charge in [-0.3, -0.25) is 0 Å². The smallest absolute Gasteiger partial charge is 0.247 e. The molecule has 3 aromatic carbocycles. The maximum atomic E-state index is 12.7. The van der Waals surface area contributed by atoms with Crippen LogP contribution >= 0.6 is 11.6 Å². The summed E-state index contributed by atoms with van der Waals surface area (Å²) in [6.07, 6.45) is 0.569. The summed E-state index contributed by atoms with van der Waals surface area (Å²) >= 11 is 6.43. The summed E-state index contributed by atoms with van der Waals surface area (Å²) < 4.78 is 25.5. The molecule has 182 valence electrons. The Bertz CT molecular complexity index is 1490. The number of benzene rings is 3. The Labute approximate surface area is 211 Å². The van der Waals surface area contributed by atoms with Crippen molar-refractivity contribution in [2.45, 2.75) is 25.2 Å². The number of fused-ring (bicyclic) bond motifs is 1. The van der Waals surface area contributed by atoms with Crippen LogP contribution in [0, 0.1) is 13.8 Å².